The van der Waals surface area contributed by atoms with Crippen LogP contribution in [0.2, 0.25) is 0 Å². The Balaban J connectivity index is 1.77. The number of carbonyl (C=O) groups excluding carboxylic acids is 1. The van der Waals surface area contributed by atoms with Crippen molar-refractivity contribution >= 4 is 23.2 Å². The van der Waals surface area contributed by atoms with Gasteiger partial charge in [0.25, 0.3) is 0 Å². The molecule has 116 valence electrons. The number of rotatable bonds is 5. The van der Waals surface area contributed by atoms with Crippen molar-refractivity contribution in [2.75, 3.05) is 6.54 Å². The van der Waals surface area contributed by atoms with Gasteiger partial charge in [0, 0.05) is 24.5 Å². The second-order valence-electron chi connectivity index (χ2n) is 6.17. The minimum Gasteiger partial charge on any atom is -0.467 e. The lowest BCUT2D eigenvalue weighted by Gasteiger charge is -2.44. The van der Waals surface area contributed by atoms with Crippen molar-refractivity contribution in [1.82, 2.24) is 15.5 Å². The van der Waals surface area contributed by atoms with Crippen molar-refractivity contribution in [3.8, 4) is 0 Å². The summed E-state index contributed by atoms with van der Waals surface area (Å²) in [6.07, 6.45) is 3.03. The molecule has 0 saturated carbocycles. The Labute approximate surface area is 131 Å². The fourth-order valence-corrected chi connectivity index (χ4v) is 3.24. The Morgan fingerprint density at radius 3 is 3.00 bits per heavy atom. The minimum absolute atomic E-state index is 0.00577. The van der Waals surface area contributed by atoms with Gasteiger partial charge in [0.2, 0.25) is 5.91 Å². The molecule has 2 rings (SSSR count). The summed E-state index contributed by atoms with van der Waals surface area (Å²) in [6.45, 7) is 7.49. The van der Waals surface area contributed by atoms with Gasteiger partial charge in [0.1, 0.15) is 5.76 Å². The lowest BCUT2D eigenvalue weighted by Crippen LogP contribution is -2.60. The smallest absolute Gasteiger partial charge is 0.222 e. The average molecular weight is 309 g/mol. The second kappa shape index (κ2) is 6.47. The fraction of sp³-hybridized carbons (Fsp3) is 0.600. The van der Waals surface area contributed by atoms with E-state index in [9.17, 15) is 4.79 Å². The summed E-state index contributed by atoms with van der Waals surface area (Å²) in [7, 11) is 0. The molecule has 1 aromatic rings. The maximum absolute atomic E-state index is 11.9. The average Bonchev–Trinajstić information content (AvgIpc) is 2.86. The van der Waals surface area contributed by atoms with Crippen LogP contribution in [0.4, 0.5) is 0 Å². The van der Waals surface area contributed by atoms with Crippen LogP contribution in [0.3, 0.4) is 0 Å². The molecular weight excluding hydrogens is 286 g/mol. The van der Waals surface area contributed by atoms with E-state index < -0.39 is 0 Å². The Kier molecular flexibility index (Phi) is 4.88. The number of amides is 1. The predicted octanol–water partition coefficient (Wildman–Crippen LogP) is 2.03. The molecule has 1 atom stereocenters. The largest absolute Gasteiger partial charge is 0.467 e. The zero-order chi connectivity index (χ0) is 15.5. The van der Waals surface area contributed by atoms with E-state index >= 15 is 0 Å². The standard InChI is InChI=1S/C15H23N3O2S/c1-11-9-15(2,3)17-14(21)18(11)7-6-13(19)16-10-12-5-4-8-20-12/h4-5,8,11H,6-7,9-10H2,1-3H3,(H,16,19)(H,17,21). The molecule has 2 N–H and O–H groups in total. The van der Waals surface area contributed by atoms with Gasteiger partial charge in [0.05, 0.1) is 12.8 Å². The lowest BCUT2D eigenvalue weighted by atomic mass is 9.93. The van der Waals surface area contributed by atoms with Crippen LogP contribution in [-0.2, 0) is 11.3 Å². The highest BCUT2D eigenvalue weighted by atomic mass is 32.1. The van der Waals surface area contributed by atoms with E-state index in [1.54, 1.807) is 6.26 Å². The lowest BCUT2D eigenvalue weighted by molar-refractivity contribution is -0.121. The molecule has 5 nitrogen and oxygen atoms in total. The molecule has 1 aliphatic heterocycles. The molecule has 1 saturated heterocycles. The number of hydrogen-bond donors (Lipinski definition) is 2. The molecule has 6 heteroatoms. The molecule has 2 heterocycles. The van der Waals surface area contributed by atoms with E-state index in [-0.39, 0.29) is 11.4 Å². The minimum atomic E-state index is 0.00577. The summed E-state index contributed by atoms with van der Waals surface area (Å²) < 4.78 is 5.18. The Morgan fingerprint density at radius 1 is 1.62 bits per heavy atom. The van der Waals surface area contributed by atoms with Crippen molar-refractivity contribution in [1.29, 1.82) is 0 Å². The number of carbonyl (C=O) groups is 1. The number of furan rings is 1. The number of nitrogens with zero attached hydrogens (tertiary/aromatic N) is 1. The quantitative estimate of drug-likeness (QED) is 0.815. The Hall–Kier alpha value is -1.56. The first-order valence-corrected chi connectivity index (χ1v) is 7.66. The summed E-state index contributed by atoms with van der Waals surface area (Å²) in [4.78, 5) is 14.0. The van der Waals surface area contributed by atoms with Crippen LogP contribution in [0.5, 0.6) is 0 Å². The third-order valence-corrected chi connectivity index (χ3v) is 4.00. The summed E-state index contributed by atoms with van der Waals surface area (Å²) in [6, 6.07) is 3.99. The first kappa shape index (κ1) is 15.8. The molecule has 1 aliphatic rings. The van der Waals surface area contributed by atoms with Gasteiger partial charge in [-0.2, -0.15) is 0 Å². The molecule has 1 aromatic heterocycles. The van der Waals surface area contributed by atoms with Gasteiger partial charge in [0.15, 0.2) is 5.11 Å². The summed E-state index contributed by atoms with van der Waals surface area (Å²) in [5.41, 5.74) is 0.0224. The van der Waals surface area contributed by atoms with Gasteiger partial charge in [-0.1, -0.05) is 0 Å². The van der Waals surface area contributed by atoms with E-state index in [0.29, 0.717) is 25.6 Å². The van der Waals surface area contributed by atoms with Gasteiger partial charge in [-0.05, 0) is 51.5 Å². The zero-order valence-electron chi connectivity index (χ0n) is 12.8. The fourth-order valence-electron chi connectivity index (χ4n) is 2.69. The molecule has 0 spiro atoms. The van der Waals surface area contributed by atoms with Crippen LogP contribution >= 0.6 is 12.2 Å². The van der Waals surface area contributed by atoms with Crippen LogP contribution < -0.4 is 10.6 Å². The van der Waals surface area contributed by atoms with E-state index in [0.717, 1.165) is 17.3 Å². The molecule has 0 aliphatic carbocycles. The van der Waals surface area contributed by atoms with Crippen LogP contribution in [0, 0.1) is 0 Å². The SMILES string of the molecule is CC1CC(C)(C)NC(=S)N1CCC(=O)NCc1ccco1. The van der Waals surface area contributed by atoms with Crippen molar-refractivity contribution in [2.45, 2.75) is 51.7 Å². The zero-order valence-corrected chi connectivity index (χ0v) is 13.6. The van der Waals surface area contributed by atoms with Gasteiger partial charge in [-0.3, -0.25) is 4.79 Å². The molecule has 21 heavy (non-hydrogen) atoms. The first-order valence-electron chi connectivity index (χ1n) is 7.25. The monoisotopic (exact) mass is 309 g/mol. The third kappa shape index (κ3) is 4.46. The van der Waals surface area contributed by atoms with Crippen LogP contribution in [0.1, 0.15) is 39.4 Å². The summed E-state index contributed by atoms with van der Waals surface area (Å²) in [5, 5.41) is 6.91. The van der Waals surface area contributed by atoms with E-state index in [4.69, 9.17) is 16.6 Å². The van der Waals surface area contributed by atoms with Crippen molar-refractivity contribution in [3.63, 3.8) is 0 Å². The van der Waals surface area contributed by atoms with E-state index in [1.165, 1.54) is 0 Å². The number of nitrogens with one attached hydrogen (secondary N) is 2. The summed E-state index contributed by atoms with van der Waals surface area (Å²) in [5.74, 6) is 0.764. The van der Waals surface area contributed by atoms with Crippen molar-refractivity contribution < 1.29 is 9.21 Å². The van der Waals surface area contributed by atoms with Gasteiger partial charge >= 0.3 is 0 Å². The Bertz CT molecular complexity index is 499. The molecule has 0 aromatic carbocycles. The summed E-state index contributed by atoms with van der Waals surface area (Å²) >= 11 is 5.40. The third-order valence-electron chi connectivity index (χ3n) is 3.66. The van der Waals surface area contributed by atoms with Crippen molar-refractivity contribution in [2.24, 2.45) is 0 Å². The highest BCUT2D eigenvalue weighted by Gasteiger charge is 2.32. The van der Waals surface area contributed by atoms with Crippen LogP contribution in [0.25, 0.3) is 0 Å². The molecule has 1 unspecified atom stereocenters. The molecule has 1 fully saturated rings. The second-order valence-corrected chi connectivity index (χ2v) is 6.55. The molecule has 0 radical (unpaired) electrons. The van der Waals surface area contributed by atoms with Gasteiger partial charge < -0.3 is 20.0 Å². The molecule has 1 amide bonds. The number of hydrogen-bond acceptors (Lipinski definition) is 3. The normalized spacial score (nSPS) is 21.0. The molecular formula is C15H23N3O2S. The Morgan fingerprint density at radius 2 is 2.38 bits per heavy atom. The van der Waals surface area contributed by atoms with E-state index in [2.05, 4.69) is 36.3 Å². The topological polar surface area (TPSA) is 57.5 Å². The highest BCUT2D eigenvalue weighted by molar-refractivity contribution is 7.80. The molecule has 0 bridgehead atoms. The maximum atomic E-state index is 11.9. The highest BCUT2D eigenvalue weighted by Crippen LogP contribution is 2.22. The first-order chi connectivity index (χ1) is 9.87. The van der Waals surface area contributed by atoms with Crippen LogP contribution in [0.15, 0.2) is 22.8 Å². The van der Waals surface area contributed by atoms with Gasteiger partial charge in [-0.15, -0.1) is 0 Å². The van der Waals surface area contributed by atoms with Crippen molar-refractivity contribution in [3.05, 3.63) is 24.2 Å². The van der Waals surface area contributed by atoms with E-state index in [1.807, 2.05) is 12.1 Å². The predicted molar refractivity (Wildman–Crippen MR) is 85.8 cm³/mol. The van der Waals surface area contributed by atoms with Gasteiger partial charge in [-0.25, -0.2) is 0 Å². The van der Waals surface area contributed by atoms with Crippen LogP contribution in [-0.4, -0.2) is 34.0 Å². The maximum Gasteiger partial charge on any atom is 0.222 e. The number of thiocarbonyl (C=S) groups is 1.